The molecule has 3 aromatic rings. The minimum atomic E-state index is -3.65. The van der Waals surface area contributed by atoms with Crippen molar-refractivity contribution in [2.24, 2.45) is 0 Å². The number of nitrogens with zero attached hydrogens (tertiary/aromatic N) is 2. The number of benzene rings is 2. The van der Waals surface area contributed by atoms with Gasteiger partial charge in [-0.05, 0) is 62.6 Å². The topological polar surface area (TPSA) is 88.5 Å². The Bertz CT molecular complexity index is 1320. The Balaban J connectivity index is 1.61. The predicted molar refractivity (Wildman–Crippen MR) is 128 cm³/mol. The fourth-order valence-electron chi connectivity index (χ4n) is 4.08. The van der Waals surface area contributed by atoms with E-state index in [-0.39, 0.29) is 15.7 Å². The number of hydrogen-bond donors (Lipinski definition) is 1. The third-order valence-electron chi connectivity index (χ3n) is 5.90. The van der Waals surface area contributed by atoms with Crippen LogP contribution in [0.15, 0.2) is 46.1 Å². The van der Waals surface area contributed by atoms with Gasteiger partial charge in [0, 0.05) is 30.9 Å². The van der Waals surface area contributed by atoms with Crippen LogP contribution in [-0.4, -0.2) is 36.3 Å². The Hall–Kier alpha value is -2.49. The van der Waals surface area contributed by atoms with Crippen LogP contribution in [0.25, 0.3) is 10.2 Å². The number of hydrogen-bond acceptors (Lipinski definition) is 5. The van der Waals surface area contributed by atoms with Gasteiger partial charge >= 0.3 is 4.87 Å². The average Bonchev–Trinajstić information content (AvgIpc) is 2.92. The maximum Gasteiger partial charge on any atom is 0.308 e. The van der Waals surface area contributed by atoms with E-state index in [1.807, 2.05) is 13.0 Å². The number of rotatable bonds is 5. The normalized spacial score (nSPS) is 15.6. The Morgan fingerprint density at radius 1 is 1.06 bits per heavy atom. The van der Waals surface area contributed by atoms with E-state index >= 15 is 0 Å². The number of carbonyl (C=O) groups is 1. The van der Waals surface area contributed by atoms with Gasteiger partial charge in [0.2, 0.25) is 10.0 Å². The highest BCUT2D eigenvalue weighted by molar-refractivity contribution is 7.89. The summed E-state index contributed by atoms with van der Waals surface area (Å²) < 4.78 is 30.3. The first-order valence-corrected chi connectivity index (χ1v) is 13.1. The first kappa shape index (κ1) is 22.7. The lowest BCUT2D eigenvalue weighted by Gasteiger charge is -2.20. The molecule has 1 aliphatic rings. The second-order valence-corrected chi connectivity index (χ2v) is 11.0. The quantitative estimate of drug-likeness (QED) is 0.601. The maximum absolute atomic E-state index is 13.2. The zero-order chi connectivity index (χ0) is 22.9. The van der Waals surface area contributed by atoms with Crippen LogP contribution in [0, 0.1) is 6.92 Å². The predicted octanol–water partition coefficient (Wildman–Crippen LogP) is 4.21. The van der Waals surface area contributed by atoms with Gasteiger partial charge in [0.25, 0.3) is 5.91 Å². The van der Waals surface area contributed by atoms with Crippen LogP contribution in [0.4, 0.5) is 5.69 Å². The van der Waals surface area contributed by atoms with Gasteiger partial charge in [0.1, 0.15) is 0 Å². The smallest absolute Gasteiger partial charge is 0.308 e. The van der Waals surface area contributed by atoms with Crippen molar-refractivity contribution < 1.29 is 13.2 Å². The first-order valence-electron chi connectivity index (χ1n) is 10.9. The van der Waals surface area contributed by atoms with E-state index in [4.69, 9.17) is 0 Å². The van der Waals surface area contributed by atoms with E-state index in [2.05, 4.69) is 5.32 Å². The molecule has 1 aliphatic heterocycles. The number of aromatic nitrogens is 1. The van der Waals surface area contributed by atoms with Crippen LogP contribution in [-0.2, 0) is 16.6 Å². The minimum absolute atomic E-state index is 0.0340. The van der Waals surface area contributed by atoms with E-state index in [9.17, 15) is 18.0 Å². The first-order chi connectivity index (χ1) is 15.3. The lowest BCUT2D eigenvalue weighted by Crippen LogP contribution is -2.32. The molecule has 32 heavy (non-hydrogen) atoms. The van der Waals surface area contributed by atoms with E-state index in [1.165, 1.54) is 10.4 Å². The zero-order valence-electron chi connectivity index (χ0n) is 18.3. The van der Waals surface area contributed by atoms with Crippen LogP contribution in [0.2, 0.25) is 0 Å². The number of thiazole rings is 1. The number of aryl methyl sites for hydroxylation is 2. The summed E-state index contributed by atoms with van der Waals surface area (Å²) in [5.74, 6) is -0.378. The SMILES string of the molecule is CCn1c(=O)sc2cc(NC(=O)c3cc(S(=O)(=O)N4CCCCCC4)ccc3C)ccc21. The van der Waals surface area contributed by atoms with E-state index in [0.717, 1.165) is 47.2 Å². The molecule has 0 radical (unpaired) electrons. The number of nitrogens with one attached hydrogen (secondary N) is 1. The molecule has 1 amide bonds. The average molecular weight is 474 g/mol. The molecule has 4 rings (SSSR count). The molecule has 0 bridgehead atoms. The molecule has 7 nitrogen and oxygen atoms in total. The van der Waals surface area contributed by atoms with E-state index in [1.54, 1.807) is 35.8 Å². The number of fused-ring (bicyclic) bond motifs is 1. The number of amides is 1. The van der Waals surface area contributed by atoms with E-state index in [0.29, 0.717) is 36.4 Å². The molecule has 1 saturated heterocycles. The summed E-state index contributed by atoms with van der Waals surface area (Å²) in [6.07, 6.45) is 3.78. The maximum atomic E-state index is 13.2. The molecule has 1 N–H and O–H groups in total. The molecule has 2 heterocycles. The molecular formula is C23H27N3O4S2. The number of carbonyl (C=O) groups excluding carboxylic acids is 1. The molecule has 1 aromatic heterocycles. The Morgan fingerprint density at radius 2 is 1.78 bits per heavy atom. The molecule has 170 valence electrons. The molecule has 9 heteroatoms. The van der Waals surface area contributed by atoms with Crippen LogP contribution in [0.1, 0.15) is 48.5 Å². The van der Waals surface area contributed by atoms with Crippen LogP contribution < -0.4 is 10.2 Å². The molecule has 0 saturated carbocycles. The molecule has 0 aliphatic carbocycles. The monoisotopic (exact) mass is 473 g/mol. The molecule has 0 atom stereocenters. The highest BCUT2D eigenvalue weighted by Crippen LogP contribution is 2.25. The van der Waals surface area contributed by atoms with Gasteiger partial charge in [0.05, 0.1) is 15.1 Å². The van der Waals surface area contributed by atoms with E-state index < -0.39 is 10.0 Å². The second kappa shape index (κ2) is 9.17. The van der Waals surface area contributed by atoms with Crippen LogP contribution in [0.5, 0.6) is 0 Å². The summed E-state index contributed by atoms with van der Waals surface area (Å²) in [7, 11) is -3.65. The van der Waals surface area contributed by atoms with Gasteiger partial charge in [0.15, 0.2) is 0 Å². The van der Waals surface area contributed by atoms with Gasteiger partial charge in [-0.2, -0.15) is 4.31 Å². The van der Waals surface area contributed by atoms with Crippen molar-refractivity contribution in [1.82, 2.24) is 8.87 Å². The number of anilines is 1. The van der Waals surface area contributed by atoms with Crippen LogP contribution >= 0.6 is 11.3 Å². The lowest BCUT2D eigenvalue weighted by molar-refractivity contribution is 0.102. The Morgan fingerprint density at radius 3 is 2.47 bits per heavy atom. The fourth-order valence-corrected chi connectivity index (χ4v) is 6.62. The fraction of sp³-hybridized carbons (Fsp3) is 0.391. The second-order valence-electron chi connectivity index (χ2n) is 8.04. The summed E-state index contributed by atoms with van der Waals surface area (Å²) in [5.41, 5.74) is 2.41. The van der Waals surface area contributed by atoms with Gasteiger partial charge < -0.3 is 5.32 Å². The van der Waals surface area contributed by atoms with Crippen molar-refractivity contribution in [2.75, 3.05) is 18.4 Å². The Kier molecular flexibility index (Phi) is 6.50. The van der Waals surface area contributed by atoms with Gasteiger partial charge in [-0.25, -0.2) is 8.42 Å². The highest BCUT2D eigenvalue weighted by atomic mass is 32.2. The van der Waals surface area contributed by atoms with Crippen molar-refractivity contribution in [3.8, 4) is 0 Å². The molecule has 0 unspecified atom stereocenters. The standard InChI is InChI=1S/C23H27N3O4S2/c1-3-26-20-11-9-17(14-21(20)31-23(26)28)24-22(27)19-15-18(10-8-16(19)2)32(29,30)25-12-6-4-5-7-13-25/h8-11,14-15H,3-7,12-13H2,1-2H3,(H,24,27). The van der Waals surface area contributed by atoms with Crippen molar-refractivity contribution in [3.63, 3.8) is 0 Å². The third-order valence-corrected chi connectivity index (χ3v) is 8.74. The molecule has 2 aromatic carbocycles. The molecule has 1 fully saturated rings. The van der Waals surface area contributed by atoms with Crippen molar-refractivity contribution >= 4 is 43.2 Å². The number of sulfonamides is 1. The third kappa shape index (κ3) is 4.37. The molecule has 0 spiro atoms. The molecular weight excluding hydrogens is 446 g/mol. The largest absolute Gasteiger partial charge is 0.322 e. The van der Waals surface area contributed by atoms with Crippen LogP contribution in [0.3, 0.4) is 0 Å². The van der Waals surface area contributed by atoms with Gasteiger partial charge in [-0.15, -0.1) is 0 Å². The Labute approximate surface area is 191 Å². The highest BCUT2D eigenvalue weighted by Gasteiger charge is 2.26. The van der Waals surface area contributed by atoms with Crippen molar-refractivity contribution in [2.45, 2.75) is 51.0 Å². The summed E-state index contributed by atoms with van der Waals surface area (Å²) in [4.78, 5) is 25.2. The summed E-state index contributed by atoms with van der Waals surface area (Å²) in [5, 5.41) is 2.85. The van der Waals surface area contributed by atoms with Gasteiger partial charge in [-0.1, -0.05) is 30.2 Å². The zero-order valence-corrected chi connectivity index (χ0v) is 19.9. The van der Waals surface area contributed by atoms with Gasteiger partial charge in [-0.3, -0.25) is 14.2 Å². The minimum Gasteiger partial charge on any atom is -0.322 e. The van der Waals surface area contributed by atoms with Crippen molar-refractivity contribution in [1.29, 1.82) is 0 Å². The lowest BCUT2D eigenvalue weighted by atomic mass is 10.1. The summed E-state index contributed by atoms with van der Waals surface area (Å²) >= 11 is 1.14. The van der Waals surface area contributed by atoms with Crippen molar-refractivity contribution in [3.05, 3.63) is 57.2 Å². The summed E-state index contributed by atoms with van der Waals surface area (Å²) in [6, 6.07) is 10.1. The summed E-state index contributed by atoms with van der Waals surface area (Å²) in [6.45, 7) is 5.31.